The van der Waals surface area contributed by atoms with Crippen LogP contribution in [0.25, 0.3) is 10.8 Å². The normalized spacial score (nSPS) is 22.1. The number of benzene rings is 2. The van der Waals surface area contributed by atoms with Gasteiger partial charge in [-0.1, -0.05) is 49.4 Å². The van der Waals surface area contributed by atoms with Gasteiger partial charge in [-0.2, -0.15) is 5.26 Å². The quantitative estimate of drug-likeness (QED) is 0.838. The van der Waals surface area contributed by atoms with Crippen molar-refractivity contribution in [3.63, 3.8) is 0 Å². The number of likely N-dealkylation sites (tertiary alicyclic amines) is 1. The molecule has 0 bridgehead atoms. The Morgan fingerprint density at radius 2 is 2.00 bits per heavy atom. The van der Waals surface area contributed by atoms with Gasteiger partial charge in [-0.15, -0.1) is 0 Å². The molecule has 2 aromatic carbocycles. The molecule has 0 aromatic heterocycles. The van der Waals surface area contributed by atoms with Crippen molar-refractivity contribution >= 4 is 10.8 Å². The average molecular weight is 292 g/mol. The maximum atomic E-state index is 9.87. The molecule has 2 heteroatoms. The Balaban J connectivity index is 1.93. The summed E-state index contributed by atoms with van der Waals surface area (Å²) in [4.78, 5) is 2.39. The van der Waals surface area contributed by atoms with E-state index < -0.39 is 5.54 Å². The lowest BCUT2D eigenvalue weighted by atomic mass is 9.87. The van der Waals surface area contributed by atoms with Gasteiger partial charge in [0.1, 0.15) is 5.54 Å². The van der Waals surface area contributed by atoms with E-state index in [4.69, 9.17) is 0 Å². The highest BCUT2D eigenvalue weighted by atomic mass is 15.2. The van der Waals surface area contributed by atoms with Gasteiger partial charge in [-0.05, 0) is 48.6 Å². The summed E-state index contributed by atoms with van der Waals surface area (Å²) in [6.07, 6.45) is 3.28. The van der Waals surface area contributed by atoms with Crippen molar-refractivity contribution in [3.8, 4) is 6.07 Å². The molecule has 0 saturated carbocycles. The van der Waals surface area contributed by atoms with Crippen LogP contribution in [-0.2, 0) is 6.42 Å². The molecule has 0 N–H and O–H groups in total. The summed E-state index contributed by atoms with van der Waals surface area (Å²) in [6, 6.07) is 17.5. The van der Waals surface area contributed by atoms with Crippen LogP contribution in [0.2, 0.25) is 0 Å². The molecule has 1 saturated heterocycles. The van der Waals surface area contributed by atoms with Crippen LogP contribution in [0.4, 0.5) is 0 Å². The summed E-state index contributed by atoms with van der Waals surface area (Å²) in [6.45, 7) is 6.47. The zero-order valence-electron chi connectivity index (χ0n) is 13.5. The van der Waals surface area contributed by atoms with Crippen LogP contribution >= 0.6 is 0 Å². The van der Waals surface area contributed by atoms with Crippen molar-refractivity contribution in [2.45, 2.75) is 38.6 Å². The van der Waals surface area contributed by atoms with Crippen molar-refractivity contribution in [1.29, 1.82) is 5.26 Å². The number of nitriles is 1. The van der Waals surface area contributed by atoms with Gasteiger partial charge >= 0.3 is 0 Å². The second-order valence-electron chi connectivity index (χ2n) is 6.89. The summed E-state index contributed by atoms with van der Waals surface area (Å²) in [5.74, 6) is 0.689. The van der Waals surface area contributed by atoms with Crippen LogP contribution in [0.1, 0.15) is 32.3 Å². The highest BCUT2D eigenvalue weighted by Crippen LogP contribution is 2.29. The summed E-state index contributed by atoms with van der Waals surface area (Å²) in [5.41, 5.74) is 0.860. The molecule has 114 valence electrons. The molecule has 1 fully saturated rings. The molecule has 0 amide bonds. The fourth-order valence-corrected chi connectivity index (χ4v) is 3.68. The number of hydrogen-bond acceptors (Lipinski definition) is 2. The Morgan fingerprint density at radius 3 is 2.77 bits per heavy atom. The third-order valence-electron chi connectivity index (χ3n) is 5.01. The van der Waals surface area contributed by atoms with Crippen LogP contribution in [-0.4, -0.2) is 23.5 Å². The summed E-state index contributed by atoms with van der Waals surface area (Å²) >= 11 is 0. The predicted molar refractivity (Wildman–Crippen MR) is 91.6 cm³/mol. The summed E-state index contributed by atoms with van der Waals surface area (Å²) in [7, 11) is 0. The molecular formula is C20H24N2. The van der Waals surface area contributed by atoms with Crippen molar-refractivity contribution in [3.05, 3.63) is 48.0 Å². The van der Waals surface area contributed by atoms with Crippen molar-refractivity contribution in [2.75, 3.05) is 13.1 Å². The molecule has 2 aromatic rings. The van der Waals surface area contributed by atoms with E-state index in [2.05, 4.69) is 67.3 Å². The second-order valence-corrected chi connectivity index (χ2v) is 6.89. The van der Waals surface area contributed by atoms with Gasteiger partial charge in [0.25, 0.3) is 0 Å². The lowest BCUT2D eigenvalue weighted by molar-refractivity contribution is 0.0961. The molecule has 0 radical (unpaired) electrons. The van der Waals surface area contributed by atoms with Crippen LogP contribution < -0.4 is 0 Å². The van der Waals surface area contributed by atoms with Gasteiger partial charge in [0, 0.05) is 13.0 Å². The van der Waals surface area contributed by atoms with Gasteiger partial charge < -0.3 is 0 Å². The molecule has 1 heterocycles. The highest BCUT2D eigenvalue weighted by Gasteiger charge is 2.34. The molecule has 1 aliphatic heterocycles. The smallest absolute Gasteiger partial charge is 0.110 e. The largest absolute Gasteiger partial charge is 0.285 e. The average Bonchev–Trinajstić information content (AvgIpc) is 2.55. The van der Waals surface area contributed by atoms with Gasteiger partial charge in [0.15, 0.2) is 0 Å². The van der Waals surface area contributed by atoms with E-state index in [1.807, 2.05) is 0 Å². The highest BCUT2D eigenvalue weighted by molar-refractivity contribution is 5.85. The predicted octanol–water partition coefficient (Wildman–Crippen LogP) is 4.40. The van der Waals surface area contributed by atoms with E-state index >= 15 is 0 Å². The second kappa shape index (κ2) is 6.10. The molecular weight excluding hydrogens is 268 g/mol. The van der Waals surface area contributed by atoms with Crippen LogP contribution in [0, 0.1) is 17.2 Å². The monoisotopic (exact) mass is 292 g/mol. The van der Waals surface area contributed by atoms with E-state index in [1.54, 1.807) is 0 Å². The minimum Gasteiger partial charge on any atom is -0.285 e. The van der Waals surface area contributed by atoms with Crippen LogP contribution in [0.5, 0.6) is 0 Å². The first-order valence-electron chi connectivity index (χ1n) is 8.25. The zero-order valence-corrected chi connectivity index (χ0v) is 13.5. The van der Waals surface area contributed by atoms with E-state index in [9.17, 15) is 5.26 Å². The number of nitrogens with zero attached hydrogens (tertiary/aromatic N) is 2. The third-order valence-corrected chi connectivity index (χ3v) is 5.01. The molecule has 22 heavy (non-hydrogen) atoms. The number of rotatable bonds is 3. The Morgan fingerprint density at radius 1 is 1.23 bits per heavy atom. The molecule has 3 rings (SSSR count). The van der Waals surface area contributed by atoms with Crippen LogP contribution in [0.15, 0.2) is 42.5 Å². The van der Waals surface area contributed by atoms with E-state index in [0.29, 0.717) is 5.92 Å². The van der Waals surface area contributed by atoms with Crippen molar-refractivity contribution < 1.29 is 0 Å². The minimum absolute atomic E-state index is 0.418. The van der Waals surface area contributed by atoms with Gasteiger partial charge in [-0.3, -0.25) is 4.90 Å². The topological polar surface area (TPSA) is 27.0 Å². The lowest BCUT2D eigenvalue weighted by Gasteiger charge is -2.41. The number of piperidine rings is 1. The van der Waals surface area contributed by atoms with E-state index in [1.165, 1.54) is 29.2 Å². The van der Waals surface area contributed by atoms with Crippen LogP contribution in [0.3, 0.4) is 0 Å². The van der Waals surface area contributed by atoms with Gasteiger partial charge in [0.05, 0.1) is 6.07 Å². The number of fused-ring (bicyclic) bond motifs is 1. The maximum absolute atomic E-state index is 9.87. The first-order chi connectivity index (χ1) is 10.6. The standard InChI is InChI=1S/C20H24N2/c1-16-7-6-12-22(14-16)20(2,15-21)13-18-10-5-9-17-8-3-4-11-19(17)18/h3-5,8-11,16H,6-7,12-14H2,1-2H3. The fourth-order valence-electron chi connectivity index (χ4n) is 3.68. The zero-order chi connectivity index (χ0) is 15.6. The Labute approximate surface area is 133 Å². The fraction of sp³-hybridized carbons (Fsp3) is 0.450. The maximum Gasteiger partial charge on any atom is 0.110 e. The number of hydrogen-bond donors (Lipinski definition) is 0. The van der Waals surface area contributed by atoms with E-state index in [0.717, 1.165) is 19.5 Å². The van der Waals surface area contributed by atoms with Crippen molar-refractivity contribution in [1.82, 2.24) is 4.90 Å². The molecule has 2 atom stereocenters. The summed E-state index contributed by atoms with van der Waals surface area (Å²) < 4.78 is 0. The third kappa shape index (κ3) is 2.87. The van der Waals surface area contributed by atoms with Crippen molar-refractivity contribution in [2.24, 2.45) is 5.92 Å². The lowest BCUT2D eigenvalue weighted by Crippen LogP contribution is -2.51. The summed E-state index contributed by atoms with van der Waals surface area (Å²) in [5, 5.41) is 12.4. The first kappa shape index (κ1) is 15.1. The molecule has 2 nitrogen and oxygen atoms in total. The van der Waals surface area contributed by atoms with E-state index in [-0.39, 0.29) is 0 Å². The van der Waals surface area contributed by atoms with Gasteiger partial charge in [0.2, 0.25) is 0 Å². The molecule has 0 spiro atoms. The van der Waals surface area contributed by atoms with Gasteiger partial charge in [-0.25, -0.2) is 0 Å². The SMILES string of the molecule is CC1CCCN(C(C)(C#N)Cc2cccc3ccccc23)C1. The Hall–Kier alpha value is -1.85. The molecule has 0 aliphatic carbocycles. The first-order valence-corrected chi connectivity index (χ1v) is 8.25. The molecule has 1 aliphatic rings. The Kier molecular flexibility index (Phi) is 4.18. The Bertz CT molecular complexity index is 695. The minimum atomic E-state index is -0.418. The molecule has 2 unspecified atom stereocenters.